The number of hydrogen-bond donors (Lipinski definition) is 1. The van der Waals surface area contributed by atoms with E-state index >= 15 is 0 Å². The summed E-state index contributed by atoms with van der Waals surface area (Å²) in [6.45, 7) is 2.66. The van der Waals surface area contributed by atoms with Crippen LogP contribution in [0, 0.1) is 0 Å². The molecule has 1 aromatic heterocycles. The minimum absolute atomic E-state index is 0.259. The second kappa shape index (κ2) is 6.17. The van der Waals surface area contributed by atoms with Gasteiger partial charge in [-0.3, -0.25) is 0 Å². The van der Waals surface area contributed by atoms with Crippen molar-refractivity contribution in [3.8, 4) is 5.69 Å². The number of hydrogen-bond acceptors (Lipinski definition) is 5. The topological polar surface area (TPSA) is 73.4 Å². The summed E-state index contributed by atoms with van der Waals surface area (Å²) >= 11 is 3.41. The van der Waals surface area contributed by atoms with Crippen LogP contribution >= 0.6 is 15.9 Å². The molecule has 0 aliphatic heterocycles. The van der Waals surface area contributed by atoms with Gasteiger partial charge >= 0.3 is 5.97 Å². The molecule has 6 nitrogen and oxygen atoms in total. The third-order valence-corrected chi connectivity index (χ3v) is 3.67. The molecule has 0 fully saturated rings. The lowest BCUT2D eigenvalue weighted by atomic mass is 10.2. The van der Waals surface area contributed by atoms with E-state index < -0.39 is 5.97 Å². The second-order valence-electron chi connectivity index (χ2n) is 4.48. The van der Waals surface area contributed by atoms with Crippen molar-refractivity contribution < 1.29 is 9.53 Å². The van der Waals surface area contributed by atoms with Gasteiger partial charge in [-0.1, -0.05) is 22.0 Å². The lowest BCUT2D eigenvalue weighted by molar-refractivity contribution is 0.0602. The van der Waals surface area contributed by atoms with Crippen LogP contribution in [-0.4, -0.2) is 36.5 Å². The monoisotopic (exact) mass is 352 g/mol. The van der Waals surface area contributed by atoms with Gasteiger partial charge in [0.05, 0.1) is 12.8 Å². The van der Waals surface area contributed by atoms with Crippen molar-refractivity contribution in [3.05, 3.63) is 34.3 Å². The highest BCUT2D eigenvalue weighted by Gasteiger charge is 2.25. The Morgan fingerprint density at radius 3 is 2.81 bits per heavy atom. The third kappa shape index (κ3) is 2.87. The van der Waals surface area contributed by atoms with Crippen molar-refractivity contribution >= 4 is 33.5 Å². The van der Waals surface area contributed by atoms with Gasteiger partial charge in [-0.25, -0.2) is 9.48 Å². The fourth-order valence-corrected chi connectivity index (χ4v) is 2.33. The molecule has 0 bridgehead atoms. The molecular formula is C14H17BrN4O2. The summed E-state index contributed by atoms with van der Waals surface area (Å²) in [6, 6.07) is 7.52. The van der Waals surface area contributed by atoms with Crippen molar-refractivity contribution in [2.24, 2.45) is 0 Å². The highest BCUT2D eigenvalue weighted by Crippen LogP contribution is 2.28. The summed E-state index contributed by atoms with van der Waals surface area (Å²) in [6.07, 6.45) is 0. The molecule has 0 atom stereocenters. The summed E-state index contributed by atoms with van der Waals surface area (Å²) in [5.74, 6) is 0.265. The summed E-state index contributed by atoms with van der Waals surface area (Å²) in [4.78, 5) is 13.8. The minimum atomic E-state index is -0.496. The number of rotatable bonds is 4. The number of methoxy groups -OCH3 is 1. The van der Waals surface area contributed by atoms with Crippen LogP contribution in [-0.2, 0) is 4.74 Å². The van der Waals surface area contributed by atoms with Gasteiger partial charge in [0.15, 0.2) is 5.82 Å². The lowest BCUT2D eigenvalue weighted by Gasteiger charge is -2.14. The zero-order valence-electron chi connectivity index (χ0n) is 12.1. The van der Waals surface area contributed by atoms with Gasteiger partial charge in [-0.15, -0.1) is 5.10 Å². The second-order valence-corrected chi connectivity index (χ2v) is 5.40. The van der Waals surface area contributed by atoms with E-state index in [0.29, 0.717) is 12.4 Å². The zero-order valence-corrected chi connectivity index (χ0v) is 13.7. The van der Waals surface area contributed by atoms with E-state index in [9.17, 15) is 4.79 Å². The molecule has 0 radical (unpaired) electrons. The number of halogens is 1. The van der Waals surface area contributed by atoms with Gasteiger partial charge in [0.1, 0.15) is 11.4 Å². The SMILES string of the molecule is CCN(C)c1nn(-c2cccc(Br)c2)c(N)c1C(=O)OC. The predicted molar refractivity (Wildman–Crippen MR) is 86.0 cm³/mol. The summed E-state index contributed by atoms with van der Waals surface area (Å²) in [5, 5.41) is 4.46. The maximum absolute atomic E-state index is 12.0. The lowest BCUT2D eigenvalue weighted by Crippen LogP contribution is -2.19. The summed E-state index contributed by atoms with van der Waals surface area (Å²) < 4.78 is 7.26. The molecule has 0 unspecified atom stereocenters. The van der Waals surface area contributed by atoms with E-state index in [1.54, 1.807) is 4.68 Å². The van der Waals surface area contributed by atoms with Crippen molar-refractivity contribution in [2.45, 2.75) is 6.92 Å². The predicted octanol–water partition coefficient (Wildman–Crippen LogP) is 2.46. The number of nitrogens with two attached hydrogens (primary N) is 1. The van der Waals surface area contributed by atoms with Crippen LogP contribution in [0.4, 0.5) is 11.6 Å². The van der Waals surface area contributed by atoms with Gasteiger partial charge in [-0.05, 0) is 25.1 Å². The molecule has 0 aliphatic rings. The van der Waals surface area contributed by atoms with Gasteiger partial charge in [0.2, 0.25) is 0 Å². The molecule has 1 heterocycles. The minimum Gasteiger partial charge on any atom is -0.465 e. The number of ether oxygens (including phenoxy) is 1. The van der Waals surface area contributed by atoms with Gasteiger partial charge in [0.25, 0.3) is 0 Å². The number of carbonyl (C=O) groups excluding carboxylic acids is 1. The molecule has 21 heavy (non-hydrogen) atoms. The van der Waals surface area contributed by atoms with Gasteiger partial charge in [-0.2, -0.15) is 0 Å². The quantitative estimate of drug-likeness (QED) is 0.855. The molecule has 7 heteroatoms. The zero-order chi connectivity index (χ0) is 15.6. The van der Waals surface area contributed by atoms with Crippen LogP contribution in [0.1, 0.15) is 17.3 Å². The average molecular weight is 353 g/mol. The Kier molecular flexibility index (Phi) is 4.52. The fourth-order valence-electron chi connectivity index (χ4n) is 1.94. The first-order valence-corrected chi connectivity index (χ1v) is 7.22. The summed E-state index contributed by atoms with van der Waals surface area (Å²) in [7, 11) is 3.17. The van der Waals surface area contributed by atoms with Crippen molar-refractivity contribution in [1.29, 1.82) is 0 Å². The molecule has 0 amide bonds. The van der Waals surface area contributed by atoms with E-state index in [1.807, 2.05) is 43.1 Å². The molecule has 1 aromatic carbocycles. The normalized spacial score (nSPS) is 10.5. The number of carbonyl (C=O) groups is 1. The number of aromatic nitrogens is 2. The van der Waals surface area contributed by atoms with E-state index in [4.69, 9.17) is 10.5 Å². The van der Waals surface area contributed by atoms with Crippen LogP contribution in [0.25, 0.3) is 5.69 Å². The Bertz CT molecular complexity index is 669. The average Bonchev–Trinajstić information content (AvgIpc) is 2.83. The number of nitrogens with zero attached hydrogens (tertiary/aromatic N) is 3. The van der Waals surface area contributed by atoms with Crippen LogP contribution in [0.5, 0.6) is 0 Å². The van der Waals surface area contributed by atoms with E-state index in [-0.39, 0.29) is 11.4 Å². The Hall–Kier alpha value is -2.02. The molecule has 2 N–H and O–H groups in total. The standard InChI is InChI=1S/C14H17BrN4O2/c1-4-18(2)13-11(14(20)21-3)12(16)19(17-13)10-7-5-6-9(15)8-10/h5-8H,4,16H2,1-3H3. The third-order valence-electron chi connectivity index (χ3n) is 3.18. The number of benzene rings is 1. The van der Waals surface area contributed by atoms with Crippen LogP contribution < -0.4 is 10.6 Å². The molecule has 2 rings (SSSR count). The Morgan fingerprint density at radius 1 is 1.52 bits per heavy atom. The van der Waals surface area contributed by atoms with Crippen LogP contribution in [0.15, 0.2) is 28.7 Å². The molecule has 0 saturated carbocycles. The summed E-state index contributed by atoms with van der Waals surface area (Å²) in [5.41, 5.74) is 7.16. The number of nitrogen functional groups attached to an aromatic ring is 1. The Balaban J connectivity index is 2.63. The van der Waals surface area contributed by atoms with E-state index in [2.05, 4.69) is 21.0 Å². The smallest absolute Gasteiger partial charge is 0.345 e. The van der Waals surface area contributed by atoms with Crippen LogP contribution in [0.2, 0.25) is 0 Å². The number of anilines is 2. The molecule has 0 saturated heterocycles. The van der Waals surface area contributed by atoms with Crippen molar-refractivity contribution in [3.63, 3.8) is 0 Å². The number of esters is 1. The largest absolute Gasteiger partial charge is 0.465 e. The first-order valence-electron chi connectivity index (χ1n) is 6.43. The molecule has 0 aliphatic carbocycles. The fraction of sp³-hybridized carbons (Fsp3) is 0.286. The molecule has 112 valence electrons. The highest BCUT2D eigenvalue weighted by atomic mass is 79.9. The maximum Gasteiger partial charge on any atom is 0.345 e. The van der Waals surface area contributed by atoms with Crippen LogP contribution in [0.3, 0.4) is 0 Å². The van der Waals surface area contributed by atoms with Gasteiger partial charge in [0, 0.05) is 18.1 Å². The first-order chi connectivity index (χ1) is 9.99. The van der Waals surface area contributed by atoms with E-state index in [0.717, 1.165) is 10.2 Å². The van der Waals surface area contributed by atoms with Crippen molar-refractivity contribution in [2.75, 3.05) is 31.3 Å². The first kappa shape index (κ1) is 15.4. The Morgan fingerprint density at radius 2 is 2.24 bits per heavy atom. The van der Waals surface area contributed by atoms with Gasteiger partial charge < -0.3 is 15.4 Å². The van der Waals surface area contributed by atoms with Crippen molar-refractivity contribution in [1.82, 2.24) is 9.78 Å². The Labute approximate surface area is 131 Å². The highest BCUT2D eigenvalue weighted by molar-refractivity contribution is 9.10. The molecular weight excluding hydrogens is 336 g/mol. The van der Waals surface area contributed by atoms with E-state index in [1.165, 1.54) is 7.11 Å². The maximum atomic E-state index is 12.0. The molecule has 2 aromatic rings. The molecule has 0 spiro atoms.